The van der Waals surface area contributed by atoms with Gasteiger partial charge >= 0.3 is 21.1 Å². The summed E-state index contributed by atoms with van der Waals surface area (Å²) in [5, 5.41) is 0. The molecule has 210 valence electrons. The molecule has 0 atom stereocenters. The molecule has 0 radical (unpaired) electrons. The summed E-state index contributed by atoms with van der Waals surface area (Å²) >= 11 is 0. The van der Waals surface area contributed by atoms with Gasteiger partial charge in [0.25, 0.3) is 0 Å². The second kappa shape index (κ2) is 12.5. The SMILES string of the molecule is CN1Cc2[c-]c(ccc2)-c2cc(-c3ccccc3)ccc2N(C)Cc2[c-]c(ccc2)-c2cc(-c3ccccc3)ccc21.[Pt+4]. The van der Waals surface area contributed by atoms with E-state index < -0.39 is 0 Å². The van der Waals surface area contributed by atoms with Crippen molar-refractivity contribution in [3.05, 3.63) is 157 Å². The third-order valence-electron chi connectivity index (χ3n) is 8.14. The van der Waals surface area contributed by atoms with E-state index in [0.717, 1.165) is 35.3 Å². The van der Waals surface area contributed by atoms with Gasteiger partial charge < -0.3 is 9.80 Å². The van der Waals surface area contributed by atoms with E-state index in [1.807, 2.05) is 0 Å². The van der Waals surface area contributed by atoms with E-state index in [9.17, 15) is 0 Å². The normalized spacial score (nSPS) is 12.4. The maximum atomic E-state index is 3.78. The first-order valence-electron chi connectivity index (χ1n) is 14.5. The van der Waals surface area contributed by atoms with Crippen molar-refractivity contribution in [2.75, 3.05) is 23.9 Å². The summed E-state index contributed by atoms with van der Waals surface area (Å²) < 4.78 is 0. The fourth-order valence-corrected chi connectivity index (χ4v) is 6.00. The minimum absolute atomic E-state index is 0. The molecule has 0 aliphatic carbocycles. The molecule has 0 aromatic heterocycles. The predicted octanol–water partition coefficient (Wildman–Crippen LogP) is 9.54. The van der Waals surface area contributed by atoms with E-state index in [0.29, 0.717) is 0 Å². The van der Waals surface area contributed by atoms with Crippen LogP contribution in [0.2, 0.25) is 0 Å². The first-order chi connectivity index (χ1) is 20.6. The predicted molar refractivity (Wildman–Crippen MR) is 177 cm³/mol. The molecule has 1 aliphatic heterocycles. The van der Waals surface area contributed by atoms with Gasteiger partial charge in [-0.05, 0) is 34.4 Å². The maximum Gasteiger partial charge on any atom is 4.00 e. The van der Waals surface area contributed by atoms with Crippen LogP contribution in [0.15, 0.2) is 133 Å². The van der Waals surface area contributed by atoms with Gasteiger partial charge in [0.1, 0.15) is 0 Å². The van der Waals surface area contributed by atoms with Gasteiger partial charge in [-0.15, -0.1) is 70.8 Å². The van der Waals surface area contributed by atoms with Crippen LogP contribution in [0, 0.1) is 12.1 Å². The van der Waals surface area contributed by atoms with Crippen molar-refractivity contribution < 1.29 is 21.1 Å². The molecule has 2 nitrogen and oxygen atoms in total. The number of benzene rings is 6. The van der Waals surface area contributed by atoms with Crippen LogP contribution >= 0.6 is 0 Å². The Bertz CT molecular complexity index is 1730. The molecule has 0 amide bonds. The molecule has 0 unspecified atom stereocenters. The fraction of sp³-hybridized carbons (Fsp3) is 0.100. The summed E-state index contributed by atoms with van der Waals surface area (Å²) in [5.74, 6) is 0. The third-order valence-corrected chi connectivity index (χ3v) is 8.14. The van der Waals surface area contributed by atoms with Crippen molar-refractivity contribution in [1.29, 1.82) is 0 Å². The van der Waals surface area contributed by atoms with Crippen LogP contribution in [0.4, 0.5) is 11.4 Å². The van der Waals surface area contributed by atoms with Gasteiger partial charge in [-0.25, -0.2) is 0 Å². The zero-order valence-electron chi connectivity index (χ0n) is 24.3. The second-order valence-electron chi connectivity index (χ2n) is 11.1. The molecule has 1 aliphatic rings. The van der Waals surface area contributed by atoms with E-state index in [1.54, 1.807) is 0 Å². The molecule has 0 fully saturated rings. The largest absolute Gasteiger partial charge is 4.00 e. The average molecular weight is 736 g/mol. The molecule has 0 spiro atoms. The average Bonchev–Trinajstić information content (AvgIpc) is 3.05. The summed E-state index contributed by atoms with van der Waals surface area (Å²) in [6.45, 7) is 1.49. The number of fused-ring (bicyclic) bond motifs is 8. The monoisotopic (exact) mass is 735 g/mol. The Labute approximate surface area is 269 Å². The summed E-state index contributed by atoms with van der Waals surface area (Å²) in [6.07, 6.45) is 0. The third kappa shape index (κ3) is 5.94. The zero-order valence-corrected chi connectivity index (χ0v) is 26.6. The Kier molecular flexibility index (Phi) is 8.32. The molecule has 1 heterocycles. The van der Waals surface area contributed by atoms with Crippen molar-refractivity contribution in [2.45, 2.75) is 13.1 Å². The summed E-state index contributed by atoms with van der Waals surface area (Å²) in [6, 6.07) is 55.4. The van der Waals surface area contributed by atoms with Crippen LogP contribution in [0.3, 0.4) is 0 Å². The van der Waals surface area contributed by atoms with E-state index in [2.05, 4.69) is 169 Å². The van der Waals surface area contributed by atoms with Crippen molar-refractivity contribution in [2.24, 2.45) is 0 Å². The Hall–Kier alpha value is -4.39. The van der Waals surface area contributed by atoms with Crippen LogP contribution in [-0.4, -0.2) is 14.1 Å². The second-order valence-corrected chi connectivity index (χ2v) is 11.1. The summed E-state index contributed by atoms with van der Waals surface area (Å²) in [7, 11) is 4.35. The van der Waals surface area contributed by atoms with Gasteiger partial charge in [-0.3, -0.25) is 0 Å². The number of nitrogens with zero attached hydrogens (tertiary/aromatic N) is 2. The molecule has 0 saturated carbocycles. The fourth-order valence-electron chi connectivity index (χ4n) is 6.00. The van der Waals surface area contributed by atoms with Crippen molar-refractivity contribution >= 4 is 11.4 Å². The number of rotatable bonds is 2. The van der Waals surface area contributed by atoms with Crippen LogP contribution in [-0.2, 0) is 34.2 Å². The Morgan fingerprint density at radius 2 is 0.860 bits per heavy atom. The van der Waals surface area contributed by atoms with Gasteiger partial charge in [-0.2, -0.15) is 0 Å². The smallest absolute Gasteiger partial charge is 0.379 e. The summed E-state index contributed by atoms with van der Waals surface area (Å²) in [5.41, 5.74) is 14.1. The van der Waals surface area contributed by atoms with E-state index in [4.69, 9.17) is 0 Å². The Morgan fingerprint density at radius 1 is 0.442 bits per heavy atom. The number of anilines is 2. The first-order valence-corrected chi connectivity index (χ1v) is 14.5. The molecule has 6 aromatic rings. The minimum atomic E-state index is 0. The molecule has 0 N–H and O–H groups in total. The standard InChI is InChI=1S/C40H32N2.Pt/c1-41-27-29-11-9-18-36(23-29)38-26-34(32-15-7-4-8-16-32)20-22-40(38)42(2)28-30-12-10-17-35(24-30)37-25-33(19-21-39(37)41)31-13-5-3-6-14-31;/h3-22,25-26H,27-28H2,1-2H3;/q-2;+4. The van der Waals surface area contributed by atoms with Crippen LogP contribution in [0.1, 0.15) is 11.1 Å². The van der Waals surface area contributed by atoms with Gasteiger partial charge in [0.05, 0.1) is 0 Å². The molecule has 6 aromatic carbocycles. The van der Waals surface area contributed by atoms with Gasteiger partial charge in [0.2, 0.25) is 0 Å². The van der Waals surface area contributed by atoms with Crippen LogP contribution in [0.25, 0.3) is 44.5 Å². The molecule has 43 heavy (non-hydrogen) atoms. The van der Waals surface area contributed by atoms with E-state index in [-0.39, 0.29) is 21.1 Å². The van der Waals surface area contributed by atoms with Crippen LogP contribution in [0.5, 0.6) is 0 Å². The molecule has 0 saturated heterocycles. The summed E-state index contributed by atoms with van der Waals surface area (Å²) in [4.78, 5) is 4.67. The van der Waals surface area contributed by atoms with Crippen LogP contribution < -0.4 is 9.80 Å². The molecule has 4 bridgehead atoms. The van der Waals surface area contributed by atoms with Crippen molar-refractivity contribution in [3.8, 4) is 44.5 Å². The van der Waals surface area contributed by atoms with Crippen molar-refractivity contribution in [3.63, 3.8) is 0 Å². The van der Waals surface area contributed by atoms with Gasteiger partial charge in [0, 0.05) is 38.6 Å². The topological polar surface area (TPSA) is 6.48 Å². The molecular weight excluding hydrogens is 704 g/mol. The molecular formula is C40H32N2Pt+2. The Balaban J connectivity index is 0.00000329. The Morgan fingerprint density at radius 3 is 1.28 bits per heavy atom. The zero-order chi connectivity index (χ0) is 28.5. The van der Waals surface area contributed by atoms with E-state index >= 15 is 0 Å². The number of hydrogen-bond donors (Lipinski definition) is 0. The molecule has 7 rings (SSSR count). The number of hydrogen-bond acceptors (Lipinski definition) is 2. The van der Waals surface area contributed by atoms with E-state index in [1.165, 1.54) is 44.8 Å². The van der Waals surface area contributed by atoms with Crippen molar-refractivity contribution in [1.82, 2.24) is 0 Å². The minimum Gasteiger partial charge on any atom is -0.379 e. The van der Waals surface area contributed by atoms with Gasteiger partial charge in [0.15, 0.2) is 0 Å². The maximum absolute atomic E-state index is 3.78. The molecule has 3 heteroatoms. The van der Waals surface area contributed by atoms with Gasteiger partial charge in [-0.1, -0.05) is 96.1 Å². The first kappa shape index (κ1) is 28.7. The quantitative estimate of drug-likeness (QED) is 0.164.